The molecule has 1 aliphatic rings. The molecule has 0 unspecified atom stereocenters. The molecule has 1 N–H and O–H groups in total. The highest BCUT2D eigenvalue weighted by atomic mass is 16.5. The number of piperidine rings is 1. The Morgan fingerprint density at radius 3 is 2.96 bits per heavy atom. The van der Waals surface area contributed by atoms with Crippen LogP contribution in [0.15, 0.2) is 36.8 Å². The highest BCUT2D eigenvalue weighted by Gasteiger charge is 2.26. The summed E-state index contributed by atoms with van der Waals surface area (Å²) < 4.78 is 5.10. The van der Waals surface area contributed by atoms with Gasteiger partial charge in [-0.1, -0.05) is 0 Å². The molecule has 1 fully saturated rings. The molecule has 2 aromatic heterocycles. The van der Waals surface area contributed by atoms with E-state index < -0.39 is 0 Å². The van der Waals surface area contributed by atoms with Crippen LogP contribution in [0.1, 0.15) is 18.4 Å². The fraction of sp³-hybridized carbons (Fsp3) is 0.412. The Hall–Kier alpha value is -2.70. The molecule has 1 saturated heterocycles. The quantitative estimate of drug-likeness (QED) is 0.894. The van der Waals surface area contributed by atoms with Crippen molar-refractivity contribution < 1.29 is 9.53 Å². The van der Waals surface area contributed by atoms with Gasteiger partial charge in [-0.3, -0.25) is 4.79 Å². The number of pyridine rings is 1. The van der Waals surface area contributed by atoms with Gasteiger partial charge >= 0.3 is 0 Å². The minimum absolute atomic E-state index is 0.0497. The highest BCUT2D eigenvalue weighted by Crippen LogP contribution is 2.20. The summed E-state index contributed by atoms with van der Waals surface area (Å²) in [7, 11) is 1.58. The van der Waals surface area contributed by atoms with E-state index in [1.165, 1.54) is 0 Å². The SMILES string of the molecule is COc1cc(CNC(=O)[C@@H]2CCCN(c3ncccn3)C2)ccn1. The van der Waals surface area contributed by atoms with Crippen LogP contribution in [0.25, 0.3) is 0 Å². The molecule has 126 valence electrons. The third-order valence-electron chi connectivity index (χ3n) is 4.10. The molecule has 0 aromatic carbocycles. The first-order valence-electron chi connectivity index (χ1n) is 8.05. The molecule has 0 aliphatic carbocycles. The van der Waals surface area contributed by atoms with Crippen LogP contribution >= 0.6 is 0 Å². The van der Waals surface area contributed by atoms with E-state index >= 15 is 0 Å². The lowest BCUT2D eigenvalue weighted by Crippen LogP contribution is -2.43. The summed E-state index contributed by atoms with van der Waals surface area (Å²) in [4.78, 5) is 27.2. The minimum Gasteiger partial charge on any atom is -0.481 e. The second-order valence-corrected chi connectivity index (χ2v) is 5.76. The zero-order valence-electron chi connectivity index (χ0n) is 13.7. The van der Waals surface area contributed by atoms with E-state index in [1.807, 2.05) is 12.1 Å². The Labute approximate surface area is 141 Å². The molecular weight excluding hydrogens is 306 g/mol. The van der Waals surface area contributed by atoms with Gasteiger partial charge in [0.15, 0.2) is 0 Å². The van der Waals surface area contributed by atoms with Gasteiger partial charge in [0.25, 0.3) is 0 Å². The van der Waals surface area contributed by atoms with Gasteiger partial charge in [0, 0.05) is 44.3 Å². The first kappa shape index (κ1) is 16.2. The Morgan fingerprint density at radius 2 is 2.17 bits per heavy atom. The summed E-state index contributed by atoms with van der Waals surface area (Å²) in [6.45, 7) is 2.00. The highest BCUT2D eigenvalue weighted by molar-refractivity contribution is 5.79. The molecule has 1 amide bonds. The van der Waals surface area contributed by atoms with Crippen LogP contribution in [-0.2, 0) is 11.3 Å². The van der Waals surface area contributed by atoms with Gasteiger partial charge in [0.2, 0.25) is 17.7 Å². The molecule has 0 spiro atoms. The maximum atomic E-state index is 12.5. The number of anilines is 1. The van der Waals surface area contributed by atoms with Crippen molar-refractivity contribution in [3.8, 4) is 5.88 Å². The second kappa shape index (κ2) is 7.72. The summed E-state index contributed by atoms with van der Waals surface area (Å²) in [5, 5.41) is 3.00. The van der Waals surface area contributed by atoms with E-state index in [2.05, 4.69) is 25.2 Å². The molecule has 1 aliphatic heterocycles. The third kappa shape index (κ3) is 3.98. The number of rotatable bonds is 5. The predicted octanol–water partition coefficient (Wildman–Crippen LogP) is 1.41. The van der Waals surface area contributed by atoms with Crippen molar-refractivity contribution in [1.29, 1.82) is 0 Å². The van der Waals surface area contributed by atoms with Crippen molar-refractivity contribution in [2.45, 2.75) is 19.4 Å². The molecule has 3 rings (SSSR count). The maximum absolute atomic E-state index is 12.5. The molecule has 0 bridgehead atoms. The summed E-state index contributed by atoms with van der Waals surface area (Å²) in [6, 6.07) is 5.49. The topological polar surface area (TPSA) is 80.2 Å². The van der Waals surface area contributed by atoms with Gasteiger partial charge in [-0.05, 0) is 30.5 Å². The molecule has 3 heterocycles. The number of nitrogens with one attached hydrogen (secondary N) is 1. The van der Waals surface area contributed by atoms with E-state index in [-0.39, 0.29) is 11.8 Å². The average Bonchev–Trinajstić information content (AvgIpc) is 2.67. The maximum Gasteiger partial charge on any atom is 0.225 e. The largest absolute Gasteiger partial charge is 0.481 e. The fourth-order valence-corrected chi connectivity index (χ4v) is 2.83. The van der Waals surface area contributed by atoms with Gasteiger partial charge < -0.3 is 15.0 Å². The summed E-state index contributed by atoms with van der Waals surface area (Å²) >= 11 is 0. The van der Waals surface area contributed by atoms with Crippen molar-refractivity contribution >= 4 is 11.9 Å². The number of carbonyl (C=O) groups excluding carboxylic acids is 1. The lowest BCUT2D eigenvalue weighted by molar-refractivity contribution is -0.125. The van der Waals surface area contributed by atoms with Crippen molar-refractivity contribution in [3.63, 3.8) is 0 Å². The molecular formula is C17H21N5O2. The number of aromatic nitrogens is 3. The number of nitrogens with zero attached hydrogens (tertiary/aromatic N) is 4. The zero-order chi connectivity index (χ0) is 16.8. The molecule has 24 heavy (non-hydrogen) atoms. The first-order chi connectivity index (χ1) is 11.8. The van der Waals surface area contributed by atoms with Gasteiger partial charge in [-0.15, -0.1) is 0 Å². The second-order valence-electron chi connectivity index (χ2n) is 5.76. The van der Waals surface area contributed by atoms with Gasteiger partial charge in [-0.2, -0.15) is 0 Å². The summed E-state index contributed by atoms with van der Waals surface area (Å²) in [6.07, 6.45) is 6.97. The van der Waals surface area contributed by atoms with E-state index in [1.54, 1.807) is 31.8 Å². The van der Waals surface area contributed by atoms with Gasteiger partial charge in [-0.25, -0.2) is 15.0 Å². The molecule has 1 atom stereocenters. The van der Waals surface area contributed by atoms with Crippen LogP contribution < -0.4 is 15.0 Å². The lowest BCUT2D eigenvalue weighted by Gasteiger charge is -2.31. The van der Waals surface area contributed by atoms with Crippen LogP contribution in [0, 0.1) is 5.92 Å². The van der Waals surface area contributed by atoms with Gasteiger partial charge in [0.1, 0.15) is 0 Å². The zero-order valence-corrected chi connectivity index (χ0v) is 13.7. The molecule has 2 aromatic rings. The van der Waals surface area contributed by atoms with Crippen LogP contribution in [0.3, 0.4) is 0 Å². The Morgan fingerprint density at radius 1 is 1.33 bits per heavy atom. The standard InChI is InChI=1S/C17H21N5O2/c1-24-15-10-13(5-8-18-15)11-21-16(23)14-4-2-9-22(12-14)17-19-6-3-7-20-17/h3,5-8,10,14H,2,4,9,11-12H2,1H3,(H,21,23)/t14-/m1/s1. The van der Waals surface area contributed by atoms with Crippen LogP contribution in [0.2, 0.25) is 0 Å². The molecule has 7 nitrogen and oxygen atoms in total. The molecule has 0 radical (unpaired) electrons. The summed E-state index contributed by atoms with van der Waals surface area (Å²) in [5.74, 6) is 1.25. The van der Waals surface area contributed by atoms with Crippen molar-refractivity contribution in [2.24, 2.45) is 5.92 Å². The van der Waals surface area contributed by atoms with Gasteiger partial charge in [0.05, 0.1) is 13.0 Å². The molecule has 7 heteroatoms. The molecule has 0 saturated carbocycles. The Bertz CT molecular complexity index is 680. The fourth-order valence-electron chi connectivity index (χ4n) is 2.83. The predicted molar refractivity (Wildman–Crippen MR) is 89.6 cm³/mol. The first-order valence-corrected chi connectivity index (χ1v) is 8.05. The minimum atomic E-state index is -0.0497. The number of carbonyl (C=O) groups is 1. The van der Waals surface area contributed by atoms with Crippen LogP contribution in [0.4, 0.5) is 5.95 Å². The smallest absolute Gasteiger partial charge is 0.225 e. The average molecular weight is 327 g/mol. The normalized spacial score (nSPS) is 17.4. The number of amides is 1. The van der Waals surface area contributed by atoms with Crippen molar-refractivity contribution in [1.82, 2.24) is 20.3 Å². The number of hydrogen-bond acceptors (Lipinski definition) is 6. The monoisotopic (exact) mass is 327 g/mol. The summed E-state index contributed by atoms with van der Waals surface area (Å²) in [5.41, 5.74) is 0.967. The Kier molecular flexibility index (Phi) is 5.20. The van der Waals surface area contributed by atoms with E-state index in [0.29, 0.717) is 24.9 Å². The number of ether oxygens (including phenoxy) is 1. The van der Waals surface area contributed by atoms with E-state index in [0.717, 1.165) is 24.9 Å². The van der Waals surface area contributed by atoms with Crippen molar-refractivity contribution in [2.75, 3.05) is 25.1 Å². The number of methoxy groups -OCH3 is 1. The van der Waals surface area contributed by atoms with E-state index in [9.17, 15) is 4.79 Å². The number of hydrogen-bond donors (Lipinski definition) is 1. The van der Waals surface area contributed by atoms with Crippen LogP contribution in [0.5, 0.6) is 5.88 Å². The third-order valence-corrected chi connectivity index (χ3v) is 4.10. The van der Waals surface area contributed by atoms with Crippen LogP contribution in [-0.4, -0.2) is 41.1 Å². The Balaban J connectivity index is 1.56. The van der Waals surface area contributed by atoms with Crippen molar-refractivity contribution in [3.05, 3.63) is 42.4 Å². The van der Waals surface area contributed by atoms with E-state index in [4.69, 9.17) is 4.74 Å². The lowest BCUT2D eigenvalue weighted by atomic mass is 9.97.